The number of amides is 1. The summed E-state index contributed by atoms with van der Waals surface area (Å²) >= 11 is 0. The highest BCUT2D eigenvalue weighted by atomic mass is 16.1. The summed E-state index contributed by atoms with van der Waals surface area (Å²) in [7, 11) is 0. The molecule has 104 valence electrons. The quantitative estimate of drug-likeness (QED) is 0.585. The number of pyridine rings is 1. The van der Waals surface area contributed by atoms with E-state index in [1.807, 2.05) is 32.0 Å². The van der Waals surface area contributed by atoms with Crippen LogP contribution in [0.5, 0.6) is 0 Å². The van der Waals surface area contributed by atoms with Gasteiger partial charge in [0.05, 0.1) is 17.9 Å². The van der Waals surface area contributed by atoms with E-state index in [0.29, 0.717) is 12.1 Å². The molecule has 0 bridgehead atoms. The zero-order valence-corrected chi connectivity index (χ0v) is 11.6. The third kappa shape index (κ3) is 3.33. The van der Waals surface area contributed by atoms with Crippen molar-refractivity contribution in [1.82, 2.24) is 10.3 Å². The Kier molecular flexibility index (Phi) is 4.32. The first-order chi connectivity index (χ1) is 9.60. The number of carbonyl (C=O) groups is 1. The summed E-state index contributed by atoms with van der Waals surface area (Å²) in [5, 5.41) is 2.85. The molecule has 0 radical (unpaired) electrons. The molecule has 0 aliphatic rings. The lowest BCUT2D eigenvalue weighted by atomic mass is 10.1. The number of nitrogens with zero attached hydrogens (tertiary/aromatic N) is 1. The van der Waals surface area contributed by atoms with Crippen LogP contribution in [-0.2, 0) is 6.54 Å². The van der Waals surface area contributed by atoms with Gasteiger partial charge in [-0.25, -0.2) is 0 Å². The summed E-state index contributed by atoms with van der Waals surface area (Å²) in [6.45, 7) is 4.23. The van der Waals surface area contributed by atoms with Crippen molar-refractivity contribution in [3.63, 3.8) is 0 Å². The van der Waals surface area contributed by atoms with E-state index in [1.54, 1.807) is 18.2 Å². The van der Waals surface area contributed by atoms with Gasteiger partial charge < -0.3 is 10.7 Å². The van der Waals surface area contributed by atoms with Gasteiger partial charge >= 0.3 is 0 Å². The molecule has 0 aliphatic heterocycles. The summed E-state index contributed by atoms with van der Waals surface area (Å²) < 4.78 is 0. The van der Waals surface area contributed by atoms with E-state index in [4.69, 9.17) is 5.84 Å². The second-order valence-corrected chi connectivity index (χ2v) is 4.63. The third-order valence-electron chi connectivity index (χ3n) is 3.02. The van der Waals surface area contributed by atoms with Crippen molar-refractivity contribution in [2.24, 2.45) is 5.84 Å². The van der Waals surface area contributed by atoms with Crippen LogP contribution in [-0.4, -0.2) is 10.9 Å². The van der Waals surface area contributed by atoms with Crippen LogP contribution in [0.4, 0.5) is 5.69 Å². The molecule has 0 fully saturated rings. The van der Waals surface area contributed by atoms with E-state index in [1.165, 1.54) is 0 Å². The van der Waals surface area contributed by atoms with Crippen LogP contribution in [0.15, 0.2) is 36.4 Å². The van der Waals surface area contributed by atoms with E-state index in [-0.39, 0.29) is 5.91 Å². The van der Waals surface area contributed by atoms with Crippen LogP contribution in [0.25, 0.3) is 0 Å². The highest BCUT2D eigenvalue weighted by Crippen LogP contribution is 2.15. The fourth-order valence-corrected chi connectivity index (χ4v) is 1.94. The number of aryl methyl sites for hydroxylation is 2. The fourth-order valence-electron chi connectivity index (χ4n) is 1.94. The Labute approximate surface area is 118 Å². The highest BCUT2D eigenvalue weighted by Gasteiger charge is 2.07. The summed E-state index contributed by atoms with van der Waals surface area (Å²) in [6, 6.07) is 11.1. The van der Waals surface area contributed by atoms with Crippen molar-refractivity contribution >= 4 is 11.6 Å². The van der Waals surface area contributed by atoms with E-state index >= 15 is 0 Å². The summed E-state index contributed by atoms with van der Waals surface area (Å²) in [6.07, 6.45) is 0. The molecule has 0 saturated heterocycles. The molecule has 2 aromatic rings. The number of nitrogen functional groups attached to an aromatic ring is 1. The molecule has 5 nitrogen and oxygen atoms in total. The standard InChI is InChI=1S/C15H18N4O/c1-10-8-12(6-7-14(10)19-16)15(20)17-9-13-5-3-4-11(2)18-13/h3-8,19H,9,16H2,1-2H3,(H,17,20). The number of hydrogen-bond donors (Lipinski definition) is 3. The average molecular weight is 270 g/mol. The Bertz CT molecular complexity index is 625. The van der Waals surface area contributed by atoms with Crippen molar-refractivity contribution in [2.45, 2.75) is 20.4 Å². The molecule has 4 N–H and O–H groups in total. The maximum Gasteiger partial charge on any atom is 0.251 e. The molecule has 0 aliphatic carbocycles. The first-order valence-electron chi connectivity index (χ1n) is 6.38. The van der Waals surface area contributed by atoms with Crippen molar-refractivity contribution < 1.29 is 4.79 Å². The largest absolute Gasteiger partial charge is 0.346 e. The molecule has 1 heterocycles. The van der Waals surface area contributed by atoms with Crippen LogP contribution in [0.2, 0.25) is 0 Å². The first-order valence-corrected chi connectivity index (χ1v) is 6.38. The number of carbonyl (C=O) groups excluding carboxylic acids is 1. The molecular weight excluding hydrogens is 252 g/mol. The van der Waals surface area contributed by atoms with Gasteiger partial charge in [-0.3, -0.25) is 15.6 Å². The smallest absolute Gasteiger partial charge is 0.251 e. The van der Waals surface area contributed by atoms with Gasteiger partial charge in [0.1, 0.15) is 0 Å². The molecular formula is C15H18N4O. The second kappa shape index (κ2) is 6.16. The molecule has 20 heavy (non-hydrogen) atoms. The third-order valence-corrected chi connectivity index (χ3v) is 3.02. The number of anilines is 1. The molecule has 0 spiro atoms. The molecule has 2 rings (SSSR count). The monoisotopic (exact) mass is 270 g/mol. The molecule has 1 amide bonds. The number of hydrazine groups is 1. The van der Waals surface area contributed by atoms with Crippen molar-refractivity contribution in [2.75, 3.05) is 5.43 Å². The molecule has 1 aromatic heterocycles. The Morgan fingerprint density at radius 1 is 1.25 bits per heavy atom. The van der Waals surface area contributed by atoms with Gasteiger partial charge in [-0.15, -0.1) is 0 Å². The highest BCUT2D eigenvalue weighted by molar-refractivity contribution is 5.94. The lowest BCUT2D eigenvalue weighted by Crippen LogP contribution is -2.23. The topological polar surface area (TPSA) is 80.0 Å². The van der Waals surface area contributed by atoms with Gasteiger partial charge in [0.2, 0.25) is 0 Å². The predicted molar refractivity (Wildman–Crippen MR) is 79.1 cm³/mol. The van der Waals surface area contributed by atoms with E-state index < -0.39 is 0 Å². The van der Waals surface area contributed by atoms with Gasteiger partial charge in [-0.05, 0) is 49.7 Å². The van der Waals surface area contributed by atoms with Crippen molar-refractivity contribution in [1.29, 1.82) is 0 Å². The maximum atomic E-state index is 12.1. The lowest BCUT2D eigenvalue weighted by Gasteiger charge is -2.09. The molecule has 5 heteroatoms. The number of aromatic nitrogens is 1. The number of rotatable bonds is 4. The van der Waals surface area contributed by atoms with Crippen molar-refractivity contribution in [3.8, 4) is 0 Å². The molecule has 1 aromatic carbocycles. The number of benzene rings is 1. The number of nitrogens with one attached hydrogen (secondary N) is 2. The normalized spacial score (nSPS) is 10.2. The Morgan fingerprint density at radius 3 is 2.70 bits per heavy atom. The lowest BCUT2D eigenvalue weighted by molar-refractivity contribution is 0.0950. The number of hydrogen-bond acceptors (Lipinski definition) is 4. The maximum absolute atomic E-state index is 12.1. The van der Waals surface area contributed by atoms with Gasteiger partial charge in [-0.1, -0.05) is 6.07 Å². The summed E-state index contributed by atoms with van der Waals surface area (Å²) in [5.74, 6) is 5.24. The Balaban J connectivity index is 2.03. The van der Waals surface area contributed by atoms with E-state index in [0.717, 1.165) is 22.6 Å². The van der Waals surface area contributed by atoms with Crippen LogP contribution < -0.4 is 16.6 Å². The minimum absolute atomic E-state index is 0.125. The Hall–Kier alpha value is -2.40. The summed E-state index contributed by atoms with van der Waals surface area (Å²) in [5.41, 5.74) is 6.70. The SMILES string of the molecule is Cc1cccc(CNC(=O)c2ccc(NN)c(C)c2)n1. The molecule has 0 unspecified atom stereocenters. The first kappa shape index (κ1) is 14.0. The van der Waals surface area contributed by atoms with Crippen molar-refractivity contribution in [3.05, 3.63) is 58.9 Å². The van der Waals surface area contributed by atoms with Gasteiger partial charge in [0.15, 0.2) is 0 Å². The minimum Gasteiger partial charge on any atom is -0.346 e. The van der Waals surface area contributed by atoms with E-state index in [2.05, 4.69) is 15.7 Å². The zero-order chi connectivity index (χ0) is 14.5. The second-order valence-electron chi connectivity index (χ2n) is 4.63. The summed E-state index contributed by atoms with van der Waals surface area (Å²) in [4.78, 5) is 16.4. The number of nitrogens with two attached hydrogens (primary N) is 1. The van der Waals surface area contributed by atoms with Crippen LogP contribution in [0, 0.1) is 13.8 Å². The van der Waals surface area contributed by atoms with Gasteiger partial charge in [0, 0.05) is 11.3 Å². The molecule has 0 atom stereocenters. The van der Waals surface area contributed by atoms with Crippen LogP contribution in [0.1, 0.15) is 27.3 Å². The molecule has 0 saturated carbocycles. The Morgan fingerprint density at radius 2 is 2.05 bits per heavy atom. The average Bonchev–Trinajstić information content (AvgIpc) is 2.44. The fraction of sp³-hybridized carbons (Fsp3) is 0.200. The zero-order valence-electron chi connectivity index (χ0n) is 11.6. The van der Waals surface area contributed by atoms with Gasteiger partial charge in [0.25, 0.3) is 5.91 Å². The van der Waals surface area contributed by atoms with E-state index in [9.17, 15) is 4.79 Å². The minimum atomic E-state index is -0.125. The predicted octanol–water partition coefficient (Wildman–Crippen LogP) is 1.91. The van der Waals surface area contributed by atoms with Crippen LogP contribution in [0.3, 0.4) is 0 Å². The van der Waals surface area contributed by atoms with Gasteiger partial charge in [-0.2, -0.15) is 0 Å². The van der Waals surface area contributed by atoms with Crippen LogP contribution >= 0.6 is 0 Å².